The van der Waals surface area contributed by atoms with Gasteiger partial charge in [0.25, 0.3) is 10.0 Å². The maximum Gasteiger partial charge on any atom is 0.264 e. The van der Waals surface area contributed by atoms with Crippen LogP contribution in [0.15, 0.2) is 66.0 Å². The molecule has 5 aromatic rings. The maximum absolute atomic E-state index is 13.2. The van der Waals surface area contributed by atoms with E-state index in [9.17, 15) is 13.2 Å². The molecule has 0 aliphatic heterocycles. The van der Waals surface area contributed by atoms with Gasteiger partial charge in [0.05, 0.1) is 28.6 Å². The number of amides is 1. The van der Waals surface area contributed by atoms with Gasteiger partial charge in [0.15, 0.2) is 5.65 Å². The van der Waals surface area contributed by atoms with Crippen molar-refractivity contribution in [1.82, 2.24) is 24.3 Å². The normalized spacial score (nSPS) is 11.5. The largest absolute Gasteiger partial charge is 0.496 e. The Kier molecular flexibility index (Phi) is 5.72. The summed E-state index contributed by atoms with van der Waals surface area (Å²) in [6.45, 7) is 3.24. The zero-order valence-corrected chi connectivity index (χ0v) is 20.4. The topological polar surface area (TPSA) is 140 Å². The van der Waals surface area contributed by atoms with Crippen molar-refractivity contribution in [2.75, 3.05) is 17.1 Å². The van der Waals surface area contributed by atoms with E-state index < -0.39 is 10.0 Å². The van der Waals surface area contributed by atoms with E-state index in [-0.39, 0.29) is 22.7 Å². The van der Waals surface area contributed by atoms with Crippen molar-refractivity contribution in [3.8, 4) is 17.0 Å². The molecular weight excluding hydrogens is 482 g/mol. The molecule has 36 heavy (non-hydrogen) atoms. The first-order chi connectivity index (χ1) is 17.3. The van der Waals surface area contributed by atoms with Crippen LogP contribution in [0.5, 0.6) is 5.75 Å². The lowest BCUT2D eigenvalue weighted by Gasteiger charge is -2.10. The van der Waals surface area contributed by atoms with Gasteiger partial charge in [-0.25, -0.2) is 33.1 Å². The number of nitrogens with zero attached hydrogens (tertiary/aromatic N) is 5. The Morgan fingerprint density at radius 3 is 2.42 bits per heavy atom. The summed E-state index contributed by atoms with van der Waals surface area (Å²) in [4.78, 5) is 29.1. The Morgan fingerprint density at radius 1 is 0.972 bits per heavy atom. The molecule has 0 unspecified atom stereocenters. The minimum absolute atomic E-state index is 0.0428. The first-order valence-corrected chi connectivity index (χ1v) is 12.3. The highest BCUT2D eigenvalue weighted by atomic mass is 32.2. The second-order valence-electron chi connectivity index (χ2n) is 7.94. The van der Waals surface area contributed by atoms with Gasteiger partial charge in [-0.1, -0.05) is 17.7 Å². The van der Waals surface area contributed by atoms with Gasteiger partial charge in [0.1, 0.15) is 5.75 Å². The molecule has 182 valence electrons. The van der Waals surface area contributed by atoms with Gasteiger partial charge in [-0.15, -0.1) is 0 Å². The van der Waals surface area contributed by atoms with Crippen LogP contribution in [0.25, 0.3) is 27.8 Å². The number of fused-ring (bicyclic) bond motifs is 3. The number of carbonyl (C=O) groups excluding carboxylic acids is 1. The fourth-order valence-corrected chi connectivity index (χ4v) is 4.91. The Morgan fingerprint density at radius 2 is 1.69 bits per heavy atom. The summed E-state index contributed by atoms with van der Waals surface area (Å²) in [6, 6.07) is 11.6. The van der Waals surface area contributed by atoms with Crippen molar-refractivity contribution in [3.05, 3.63) is 66.6 Å². The lowest BCUT2D eigenvalue weighted by molar-refractivity contribution is -0.114. The highest BCUT2D eigenvalue weighted by Crippen LogP contribution is 2.40. The number of hydrogen-bond donors (Lipinski definition) is 2. The van der Waals surface area contributed by atoms with Crippen molar-refractivity contribution < 1.29 is 17.9 Å². The van der Waals surface area contributed by atoms with Crippen LogP contribution in [0.4, 0.5) is 11.9 Å². The van der Waals surface area contributed by atoms with Gasteiger partial charge in [-0.3, -0.25) is 14.5 Å². The number of sulfonamides is 1. The minimum Gasteiger partial charge on any atom is -0.496 e. The predicted octanol–water partition coefficient (Wildman–Crippen LogP) is 3.42. The Bertz CT molecular complexity index is 1730. The zero-order valence-electron chi connectivity index (χ0n) is 19.6. The highest BCUT2D eigenvalue weighted by Gasteiger charge is 2.24. The molecule has 4 aromatic heterocycles. The third kappa shape index (κ3) is 4.07. The summed E-state index contributed by atoms with van der Waals surface area (Å²) >= 11 is 0. The molecule has 0 spiro atoms. The van der Waals surface area contributed by atoms with Crippen LogP contribution >= 0.6 is 0 Å². The van der Waals surface area contributed by atoms with Crippen LogP contribution in [0.2, 0.25) is 0 Å². The second kappa shape index (κ2) is 8.89. The molecule has 0 fully saturated rings. The molecule has 0 atom stereocenters. The van der Waals surface area contributed by atoms with Gasteiger partial charge in [-0.2, -0.15) is 0 Å². The average molecular weight is 504 g/mol. The third-order valence-electron chi connectivity index (χ3n) is 5.47. The van der Waals surface area contributed by atoms with Crippen LogP contribution in [-0.2, 0) is 14.8 Å². The summed E-state index contributed by atoms with van der Waals surface area (Å²) in [5, 5.41) is 3.17. The number of nitrogens with one attached hydrogen (secondary N) is 2. The number of pyridine rings is 1. The summed E-state index contributed by atoms with van der Waals surface area (Å²) in [6.07, 6.45) is 4.58. The Hall–Kier alpha value is -4.58. The first kappa shape index (κ1) is 23.2. The maximum atomic E-state index is 13.2. The van der Waals surface area contributed by atoms with Crippen LogP contribution in [0.3, 0.4) is 0 Å². The number of ether oxygens (including phenoxy) is 1. The number of hydrogen-bond acceptors (Lipinski definition) is 8. The second-order valence-corrected chi connectivity index (χ2v) is 9.62. The molecule has 0 aliphatic rings. The van der Waals surface area contributed by atoms with E-state index in [2.05, 4.69) is 30.0 Å². The molecule has 0 bridgehead atoms. The van der Waals surface area contributed by atoms with E-state index in [0.29, 0.717) is 33.6 Å². The number of rotatable bonds is 6. The van der Waals surface area contributed by atoms with Gasteiger partial charge < -0.3 is 4.74 Å². The fourth-order valence-electron chi connectivity index (χ4n) is 3.91. The molecule has 0 aliphatic carbocycles. The van der Waals surface area contributed by atoms with E-state index in [4.69, 9.17) is 4.74 Å². The summed E-state index contributed by atoms with van der Waals surface area (Å²) < 4.78 is 36.1. The lowest BCUT2D eigenvalue weighted by atomic mass is 10.1. The summed E-state index contributed by atoms with van der Waals surface area (Å²) in [5.41, 5.74) is 3.02. The van der Waals surface area contributed by atoms with E-state index >= 15 is 0 Å². The number of methoxy groups -OCH3 is 1. The Balaban J connectivity index is 1.76. The molecule has 0 radical (unpaired) electrons. The standard InChI is InChI=1S/C24H21N7O4S/c1-14-4-6-16(7-5-14)36(33,34)30-24-27-12-9-18-20(17-8-11-26-23(29-17)28-15(2)32)21-19(35-3)10-13-25-22(21)31(18)24/h4-13H,1-3H3,(H,27,30)(H,26,28,29,32). The van der Waals surface area contributed by atoms with E-state index in [0.717, 1.165) is 5.56 Å². The van der Waals surface area contributed by atoms with E-state index in [1.165, 1.54) is 38.6 Å². The SMILES string of the molecule is COc1ccnc2c1c(-c1ccnc(NC(C)=O)n1)c1ccnc(NS(=O)(=O)c3ccc(C)cc3)n12. The molecule has 1 aromatic carbocycles. The van der Waals surface area contributed by atoms with Crippen LogP contribution in [0.1, 0.15) is 12.5 Å². The van der Waals surface area contributed by atoms with Crippen molar-refractivity contribution in [3.63, 3.8) is 0 Å². The minimum atomic E-state index is -3.95. The van der Waals surface area contributed by atoms with Crippen LogP contribution in [-0.4, -0.2) is 45.8 Å². The lowest BCUT2D eigenvalue weighted by Crippen LogP contribution is -2.16. The number of aromatic nitrogens is 5. The van der Waals surface area contributed by atoms with Crippen molar-refractivity contribution >= 4 is 44.4 Å². The van der Waals surface area contributed by atoms with Gasteiger partial charge in [-0.05, 0) is 37.3 Å². The zero-order chi connectivity index (χ0) is 25.4. The number of aryl methyl sites for hydroxylation is 1. The predicted molar refractivity (Wildman–Crippen MR) is 134 cm³/mol. The van der Waals surface area contributed by atoms with E-state index in [1.54, 1.807) is 40.9 Å². The molecule has 12 heteroatoms. The smallest absolute Gasteiger partial charge is 0.264 e. The van der Waals surface area contributed by atoms with E-state index in [1.807, 2.05) is 6.92 Å². The first-order valence-electron chi connectivity index (χ1n) is 10.8. The molecular formula is C24H21N7O4S. The van der Waals surface area contributed by atoms with Gasteiger partial charge >= 0.3 is 0 Å². The molecule has 0 saturated heterocycles. The monoisotopic (exact) mass is 503 g/mol. The van der Waals surface area contributed by atoms with Crippen molar-refractivity contribution in [2.45, 2.75) is 18.7 Å². The molecule has 11 nitrogen and oxygen atoms in total. The van der Waals surface area contributed by atoms with Crippen molar-refractivity contribution in [2.24, 2.45) is 0 Å². The summed E-state index contributed by atoms with van der Waals surface area (Å²) in [5.74, 6) is 0.367. The number of carbonyl (C=O) groups is 1. The van der Waals surface area contributed by atoms with Crippen LogP contribution in [0, 0.1) is 6.92 Å². The molecule has 2 N–H and O–H groups in total. The molecule has 4 heterocycles. The van der Waals surface area contributed by atoms with Gasteiger partial charge in [0.2, 0.25) is 17.8 Å². The number of benzene rings is 1. The Labute approximate surface area is 206 Å². The molecule has 1 amide bonds. The quantitative estimate of drug-likeness (QED) is 0.359. The highest BCUT2D eigenvalue weighted by molar-refractivity contribution is 7.92. The number of anilines is 2. The third-order valence-corrected chi connectivity index (χ3v) is 6.81. The molecule has 0 saturated carbocycles. The molecule has 5 rings (SSSR count). The average Bonchev–Trinajstić information content (AvgIpc) is 3.19. The van der Waals surface area contributed by atoms with Gasteiger partial charge in [0, 0.05) is 31.1 Å². The van der Waals surface area contributed by atoms with Crippen LogP contribution < -0.4 is 14.8 Å². The summed E-state index contributed by atoms with van der Waals surface area (Å²) in [7, 11) is -2.42. The van der Waals surface area contributed by atoms with Crippen molar-refractivity contribution in [1.29, 1.82) is 0 Å². The fraction of sp³-hybridized carbons (Fsp3) is 0.125.